The summed E-state index contributed by atoms with van der Waals surface area (Å²) in [5.41, 5.74) is 0.978. The Hall–Kier alpha value is -0.520. The number of fused-ring (bicyclic) bond motifs is 2. The molecule has 4 atom stereocenters. The normalized spacial score (nSPS) is 36.7. The lowest BCUT2D eigenvalue weighted by Gasteiger charge is -2.35. The molecule has 2 aliphatic rings. The van der Waals surface area contributed by atoms with Crippen LogP contribution in [0, 0.1) is 28.6 Å². The Labute approximate surface area is 139 Å². The van der Waals surface area contributed by atoms with Crippen LogP contribution >= 0.6 is 0 Å². The second kappa shape index (κ2) is 7.37. The molecular weight excluding hydrogens is 264 g/mol. The van der Waals surface area contributed by atoms with Crippen LogP contribution in [0.3, 0.4) is 0 Å². The van der Waals surface area contributed by atoms with Crippen LogP contribution in [0.2, 0.25) is 0 Å². The van der Waals surface area contributed by atoms with Crippen LogP contribution in [0.1, 0.15) is 85.5 Å². The van der Waals surface area contributed by atoms with E-state index in [0.717, 1.165) is 11.8 Å². The van der Waals surface area contributed by atoms with E-state index in [1.54, 1.807) is 0 Å². The molecule has 126 valence electrons. The van der Waals surface area contributed by atoms with Crippen LogP contribution in [0.25, 0.3) is 0 Å². The zero-order valence-electron chi connectivity index (χ0n) is 15.5. The van der Waals surface area contributed by atoms with Gasteiger partial charge in [-0.2, -0.15) is 0 Å². The minimum atomic E-state index is 0.442. The van der Waals surface area contributed by atoms with Gasteiger partial charge in [0.25, 0.3) is 0 Å². The largest absolute Gasteiger partial charge is 0.103 e. The Morgan fingerprint density at radius 3 is 2.68 bits per heavy atom. The maximum Gasteiger partial charge on any atom is -0.0141 e. The molecule has 0 aromatic rings. The van der Waals surface area contributed by atoms with Crippen LogP contribution in [0.4, 0.5) is 0 Å². The molecule has 0 aromatic heterocycles. The van der Waals surface area contributed by atoms with Gasteiger partial charge in [-0.3, -0.25) is 0 Å². The maximum atomic E-state index is 4.10. The minimum absolute atomic E-state index is 0.442. The maximum absolute atomic E-state index is 4.10. The van der Waals surface area contributed by atoms with Crippen molar-refractivity contribution in [1.29, 1.82) is 0 Å². The van der Waals surface area contributed by atoms with Crippen molar-refractivity contribution in [2.24, 2.45) is 28.6 Å². The fraction of sp³-hybridized carbons (Fsp3) is 0.818. The van der Waals surface area contributed by atoms with Crippen molar-refractivity contribution in [3.05, 3.63) is 24.8 Å². The molecule has 0 spiro atoms. The lowest BCUT2D eigenvalue weighted by Crippen LogP contribution is -2.26. The first-order valence-electron chi connectivity index (χ1n) is 9.71. The van der Waals surface area contributed by atoms with Crippen LogP contribution in [-0.2, 0) is 0 Å². The van der Waals surface area contributed by atoms with Crippen molar-refractivity contribution >= 4 is 0 Å². The molecule has 0 aliphatic heterocycles. The van der Waals surface area contributed by atoms with Gasteiger partial charge in [-0.05, 0) is 67.1 Å². The van der Waals surface area contributed by atoms with Gasteiger partial charge in [0.05, 0.1) is 0 Å². The van der Waals surface area contributed by atoms with E-state index in [0.29, 0.717) is 16.7 Å². The van der Waals surface area contributed by atoms with Crippen LogP contribution in [0.5, 0.6) is 0 Å². The van der Waals surface area contributed by atoms with Crippen LogP contribution in [0.15, 0.2) is 24.8 Å². The number of allylic oxidation sites excluding steroid dienone is 3. The van der Waals surface area contributed by atoms with Crippen molar-refractivity contribution in [2.45, 2.75) is 85.5 Å². The van der Waals surface area contributed by atoms with Gasteiger partial charge in [-0.1, -0.05) is 65.2 Å². The summed E-state index contributed by atoms with van der Waals surface area (Å²) in [6.45, 7) is 13.7. The molecule has 1 fully saturated rings. The lowest BCUT2D eigenvalue weighted by molar-refractivity contribution is 0.176. The fourth-order valence-corrected chi connectivity index (χ4v) is 4.95. The van der Waals surface area contributed by atoms with Crippen molar-refractivity contribution < 1.29 is 0 Å². The number of rotatable bonds is 6. The molecule has 0 N–H and O–H groups in total. The molecule has 0 nitrogen and oxygen atoms in total. The Kier molecular flexibility index (Phi) is 5.97. The highest BCUT2D eigenvalue weighted by Crippen LogP contribution is 2.57. The summed E-state index contributed by atoms with van der Waals surface area (Å²) >= 11 is 0. The van der Waals surface area contributed by atoms with E-state index in [9.17, 15) is 0 Å². The predicted octanol–water partition coefficient (Wildman–Crippen LogP) is 7.17. The van der Waals surface area contributed by atoms with Gasteiger partial charge in [0, 0.05) is 0 Å². The van der Waals surface area contributed by atoms with Crippen molar-refractivity contribution in [1.82, 2.24) is 0 Å². The monoisotopic (exact) mass is 302 g/mol. The first-order chi connectivity index (χ1) is 10.4. The highest BCUT2D eigenvalue weighted by atomic mass is 14.5. The third-order valence-electron chi connectivity index (χ3n) is 6.65. The van der Waals surface area contributed by atoms with Crippen molar-refractivity contribution in [3.63, 3.8) is 0 Å². The summed E-state index contributed by atoms with van der Waals surface area (Å²) in [6.07, 6.45) is 20.0. The van der Waals surface area contributed by atoms with Gasteiger partial charge >= 0.3 is 0 Å². The highest BCUT2D eigenvalue weighted by Gasteiger charge is 2.46. The van der Waals surface area contributed by atoms with E-state index in [-0.39, 0.29) is 0 Å². The van der Waals surface area contributed by atoms with E-state index in [4.69, 9.17) is 0 Å². The van der Waals surface area contributed by atoms with E-state index in [1.165, 1.54) is 57.8 Å². The highest BCUT2D eigenvalue weighted by molar-refractivity contribution is 5.11. The second-order valence-corrected chi connectivity index (χ2v) is 9.05. The zero-order valence-corrected chi connectivity index (χ0v) is 15.5. The lowest BCUT2D eigenvalue weighted by atomic mass is 9.69. The number of hydrogen-bond acceptors (Lipinski definition) is 0. The molecule has 0 heterocycles. The molecule has 22 heavy (non-hydrogen) atoms. The van der Waals surface area contributed by atoms with Crippen molar-refractivity contribution in [2.75, 3.05) is 0 Å². The summed E-state index contributed by atoms with van der Waals surface area (Å²) in [5, 5.41) is 0. The second-order valence-electron chi connectivity index (χ2n) is 9.05. The molecule has 1 saturated carbocycles. The topological polar surface area (TPSA) is 0 Å². The summed E-state index contributed by atoms with van der Waals surface area (Å²) < 4.78 is 0. The standard InChI is InChI=1S/C22H38/c1-6-19(4)22-13-8-11-20(10-7-9-18(2)3)12-14-21(5,17-22)15-16-22/h6,12,14,18-20H,1,7-11,13,15-17H2,2-5H3. The molecule has 4 unspecified atom stereocenters. The van der Waals surface area contributed by atoms with Gasteiger partial charge in [0.15, 0.2) is 0 Å². The Bertz CT molecular complexity index is 391. The quantitative estimate of drug-likeness (QED) is 0.456. The molecule has 2 bridgehead atoms. The predicted molar refractivity (Wildman–Crippen MR) is 98.9 cm³/mol. The van der Waals surface area contributed by atoms with Crippen LogP contribution < -0.4 is 0 Å². The smallest absolute Gasteiger partial charge is 0.0141 e. The summed E-state index contributed by atoms with van der Waals surface area (Å²) in [5.74, 6) is 2.34. The SMILES string of the molecule is C=CC(C)C12CCCC(CCCC(C)C)C=CC(C)(CC1)C2. The van der Waals surface area contributed by atoms with Gasteiger partial charge in [-0.15, -0.1) is 6.58 Å². The summed E-state index contributed by atoms with van der Waals surface area (Å²) in [6, 6.07) is 0. The molecule has 0 aromatic carbocycles. The first-order valence-corrected chi connectivity index (χ1v) is 9.71. The zero-order chi connectivity index (χ0) is 16.2. The Morgan fingerprint density at radius 1 is 1.23 bits per heavy atom. The van der Waals surface area contributed by atoms with E-state index in [2.05, 4.69) is 52.5 Å². The third-order valence-corrected chi connectivity index (χ3v) is 6.65. The van der Waals surface area contributed by atoms with Gasteiger partial charge in [0.1, 0.15) is 0 Å². The third kappa shape index (κ3) is 4.27. The van der Waals surface area contributed by atoms with Gasteiger partial charge in [0.2, 0.25) is 0 Å². The van der Waals surface area contributed by atoms with Crippen LogP contribution in [-0.4, -0.2) is 0 Å². The molecule has 0 amide bonds. The van der Waals surface area contributed by atoms with E-state index >= 15 is 0 Å². The van der Waals surface area contributed by atoms with Gasteiger partial charge in [-0.25, -0.2) is 0 Å². The Balaban J connectivity index is 2.03. The van der Waals surface area contributed by atoms with Crippen molar-refractivity contribution in [3.8, 4) is 0 Å². The average molecular weight is 303 g/mol. The molecule has 2 aliphatic carbocycles. The van der Waals surface area contributed by atoms with E-state index < -0.39 is 0 Å². The fourth-order valence-electron chi connectivity index (χ4n) is 4.95. The average Bonchev–Trinajstić information content (AvgIpc) is 2.84. The minimum Gasteiger partial charge on any atom is -0.103 e. The molecule has 0 saturated heterocycles. The van der Waals surface area contributed by atoms with Gasteiger partial charge < -0.3 is 0 Å². The molecule has 2 rings (SSSR count). The summed E-state index contributed by atoms with van der Waals surface area (Å²) in [4.78, 5) is 0. The first kappa shape index (κ1) is 17.8. The Morgan fingerprint density at radius 2 is 2.00 bits per heavy atom. The molecule has 0 radical (unpaired) electrons. The number of hydrogen-bond donors (Lipinski definition) is 0. The molecule has 0 heteroatoms. The summed E-state index contributed by atoms with van der Waals surface area (Å²) in [7, 11) is 0. The van der Waals surface area contributed by atoms with E-state index in [1.807, 2.05) is 0 Å². The molecular formula is C22H38.